The molecule has 2 unspecified atom stereocenters. The van der Waals surface area contributed by atoms with Gasteiger partial charge in [-0.3, -0.25) is 14.7 Å². The van der Waals surface area contributed by atoms with Crippen molar-refractivity contribution in [1.82, 2.24) is 20.0 Å². The lowest BCUT2D eigenvalue weighted by atomic mass is 10.2. The molecular formula is C21H33N5O3S. The summed E-state index contributed by atoms with van der Waals surface area (Å²) >= 11 is 1.80. The molecule has 3 fully saturated rings. The third-order valence-corrected chi connectivity index (χ3v) is 7.09. The second kappa shape index (κ2) is 10.6. The third kappa shape index (κ3) is 5.14. The van der Waals surface area contributed by atoms with E-state index in [1.54, 1.807) is 11.3 Å². The number of hydrogen-bond acceptors (Lipinski definition) is 6. The maximum Gasteiger partial charge on any atom is 0.251 e. The van der Waals surface area contributed by atoms with Gasteiger partial charge in [-0.15, -0.1) is 11.3 Å². The Hall–Kier alpha value is -1.68. The van der Waals surface area contributed by atoms with Gasteiger partial charge in [0.1, 0.15) is 6.10 Å². The summed E-state index contributed by atoms with van der Waals surface area (Å²) in [6, 6.07) is 4.64. The molecule has 166 valence electrons. The molecule has 1 aromatic rings. The Bertz CT molecular complexity index is 694. The van der Waals surface area contributed by atoms with E-state index >= 15 is 0 Å². The standard InChI is InChI=1S/C21H33N5O3S/c1-22-21(26-8-6-25(7-9-26)20(27)18-4-2-12-29-18)23-16-17(19-5-3-15-30-19)24-10-13-28-14-11-24/h3,5,15,17-18H,2,4,6-14,16H2,1H3,(H,22,23). The summed E-state index contributed by atoms with van der Waals surface area (Å²) in [6.45, 7) is 8.02. The van der Waals surface area contributed by atoms with Gasteiger partial charge in [0.15, 0.2) is 5.96 Å². The fourth-order valence-corrected chi connectivity index (χ4v) is 5.28. The molecule has 0 bridgehead atoms. The van der Waals surface area contributed by atoms with E-state index in [1.807, 2.05) is 11.9 Å². The second-order valence-electron chi connectivity index (χ2n) is 7.92. The van der Waals surface area contributed by atoms with Crippen LogP contribution in [0.4, 0.5) is 0 Å². The summed E-state index contributed by atoms with van der Waals surface area (Å²) in [7, 11) is 1.83. The molecule has 0 saturated carbocycles. The molecule has 3 saturated heterocycles. The van der Waals surface area contributed by atoms with Crippen LogP contribution < -0.4 is 5.32 Å². The highest BCUT2D eigenvalue weighted by molar-refractivity contribution is 7.10. The smallest absolute Gasteiger partial charge is 0.251 e. The first-order valence-electron chi connectivity index (χ1n) is 11.0. The molecule has 0 aromatic carbocycles. The van der Waals surface area contributed by atoms with Crippen LogP contribution in [0.2, 0.25) is 0 Å². The van der Waals surface area contributed by atoms with Crippen LogP contribution in [0.15, 0.2) is 22.5 Å². The Morgan fingerprint density at radius 2 is 1.97 bits per heavy atom. The van der Waals surface area contributed by atoms with Gasteiger partial charge < -0.3 is 24.6 Å². The van der Waals surface area contributed by atoms with Gasteiger partial charge in [0, 0.05) is 64.3 Å². The summed E-state index contributed by atoms with van der Waals surface area (Å²) in [5, 5.41) is 5.74. The van der Waals surface area contributed by atoms with Crippen molar-refractivity contribution < 1.29 is 14.3 Å². The maximum absolute atomic E-state index is 12.6. The fraction of sp³-hybridized carbons (Fsp3) is 0.714. The number of hydrogen-bond donors (Lipinski definition) is 1. The van der Waals surface area contributed by atoms with E-state index in [9.17, 15) is 4.79 Å². The first kappa shape index (κ1) is 21.5. The van der Waals surface area contributed by atoms with Crippen molar-refractivity contribution in [3.05, 3.63) is 22.4 Å². The quantitative estimate of drug-likeness (QED) is 0.550. The lowest BCUT2D eigenvalue weighted by Crippen LogP contribution is -2.56. The zero-order valence-electron chi connectivity index (χ0n) is 17.8. The molecule has 9 heteroatoms. The second-order valence-corrected chi connectivity index (χ2v) is 8.90. The number of rotatable bonds is 5. The van der Waals surface area contributed by atoms with Crippen molar-refractivity contribution in [1.29, 1.82) is 0 Å². The third-order valence-electron chi connectivity index (χ3n) is 6.12. The van der Waals surface area contributed by atoms with E-state index in [4.69, 9.17) is 9.47 Å². The van der Waals surface area contributed by atoms with E-state index < -0.39 is 0 Å². The Balaban J connectivity index is 1.31. The van der Waals surface area contributed by atoms with Crippen LogP contribution in [0.1, 0.15) is 23.8 Å². The van der Waals surface area contributed by atoms with E-state index in [1.165, 1.54) is 4.88 Å². The van der Waals surface area contributed by atoms with Crippen LogP contribution in [0.5, 0.6) is 0 Å². The molecule has 0 spiro atoms. The fourth-order valence-electron chi connectivity index (χ4n) is 4.41. The van der Waals surface area contributed by atoms with Crippen LogP contribution in [-0.2, 0) is 14.3 Å². The summed E-state index contributed by atoms with van der Waals surface area (Å²) < 4.78 is 11.1. The Morgan fingerprint density at radius 3 is 2.60 bits per heavy atom. The number of morpholine rings is 1. The molecule has 1 amide bonds. The topological polar surface area (TPSA) is 69.6 Å². The predicted molar refractivity (Wildman–Crippen MR) is 118 cm³/mol. The summed E-state index contributed by atoms with van der Waals surface area (Å²) in [4.78, 5) is 25.2. The van der Waals surface area contributed by atoms with Crippen molar-refractivity contribution in [2.45, 2.75) is 25.0 Å². The van der Waals surface area contributed by atoms with E-state index in [0.29, 0.717) is 12.6 Å². The minimum Gasteiger partial charge on any atom is -0.379 e. The zero-order valence-corrected chi connectivity index (χ0v) is 18.6. The SMILES string of the molecule is CN=C(NCC(c1cccs1)N1CCOCC1)N1CCN(C(=O)C2CCCO2)CC1. The van der Waals surface area contributed by atoms with E-state index in [-0.39, 0.29) is 12.0 Å². The highest BCUT2D eigenvalue weighted by Gasteiger charge is 2.31. The summed E-state index contributed by atoms with van der Waals surface area (Å²) in [5.74, 6) is 1.06. The molecular weight excluding hydrogens is 402 g/mol. The Labute approximate surface area is 182 Å². The molecule has 1 aromatic heterocycles. The number of carbonyl (C=O) groups is 1. The maximum atomic E-state index is 12.6. The van der Waals surface area contributed by atoms with Crippen LogP contribution in [0.3, 0.4) is 0 Å². The van der Waals surface area contributed by atoms with Crippen molar-refractivity contribution in [3.63, 3.8) is 0 Å². The number of nitrogens with zero attached hydrogens (tertiary/aromatic N) is 4. The van der Waals surface area contributed by atoms with Crippen LogP contribution in [0.25, 0.3) is 0 Å². The van der Waals surface area contributed by atoms with Gasteiger partial charge in [-0.25, -0.2) is 0 Å². The molecule has 0 radical (unpaired) electrons. The monoisotopic (exact) mass is 435 g/mol. The molecule has 3 aliphatic rings. The Morgan fingerprint density at radius 1 is 1.20 bits per heavy atom. The van der Waals surface area contributed by atoms with Gasteiger partial charge >= 0.3 is 0 Å². The highest BCUT2D eigenvalue weighted by Crippen LogP contribution is 2.25. The molecule has 8 nitrogen and oxygen atoms in total. The normalized spacial score (nSPS) is 24.8. The molecule has 1 N–H and O–H groups in total. The molecule has 4 heterocycles. The Kier molecular flexibility index (Phi) is 7.59. The average molecular weight is 436 g/mol. The van der Waals surface area contributed by atoms with Crippen molar-refractivity contribution in [2.75, 3.05) is 72.7 Å². The van der Waals surface area contributed by atoms with Crippen molar-refractivity contribution in [2.24, 2.45) is 4.99 Å². The number of aliphatic imine (C=N–C) groups is 1. The van der Waals surface area contributed by atoms with Gasteiger partial charge in [0.2, 0.25) is 0 Å². The summed E-state index contributed by atoms with van der Waals surface area (Å²) in [6.07, 6.45) is 1.61. The highest BCUT2D eigenvalue weighted by atomic mass is 32.1. The van der Waals surface area contributed by atoms with Gasteiger partial charge in [0.25, 0.3) is 5.91 Å². The van der Waals surface area contributed by atoms with Crippen molar-refractivity contribution >= 4 is 23.2 Å². The number of guanidine groups is 1. The molecule has 30 heavy (non-hydrogen) atoms. The largest absolute Gasteiger partial charge is 0.379 e. The van der Waals surface area contributed by atoms with E-state index in [2.05, 4.69) is 37.6 Å². The van der Waals surface area contributed by atoms with Gasteiger partial charge in [0.05, 0.1) is 19.3 Å². The molecule has 3 aliphatic heterocycles. The first-order chi connectivity index (χ1) is 14.8. The zero-order chi connectivity index (χ0) is 20.8. The number of carbonyl (C=O) groups excluding carboxylic acids is 1. The van der Waals surface area contributed by atoms with Crippen LogP contribution >= 0.6 is 11.3 Å². The first-order valence-corrected chi connectivity index (χ1v) is 11.9. The lowest BCUT2D eigenvalue weighted by Gasteiger charge is -2.38. The van der Waals surface area contributed by atoms with E-state index in [0.717, 1.165) is 77.8 Å². The number of piperazine rings is 1. The minimum absolute atomic E-state index is 0.153. The van der Waals surface area contributed by atoms with Gasteiger partial charge in [-0.2, -0.15) is 0 Å². The lowest BCUT2D eigenvalue weighted by molar-refractivity contribution is -0.142. The van der Waals surface area contributed by atoms with Gasteiger partial charge in [-0.1, -0.05) is 6.07 Å². The molecule has 2 atom stereocenters. The van der Waals surface area contributed by atoms with Crippen LogP contribution in [-0.4, -0.2) is 105 Å². The van der Waals surface area contributed by atoms with Gasteiger partial charge in [-0.05, 0) is 24.3 Å². The number of ether oxygens (including phenoxy) is 2. The number of nitrogens with one attached hydrogen (secondary N) is 1. The predicted octanol–water partition coefficient (Wildman–Crippen LogP) is 1.02. The number of thiophene rings is 1. The average Bonchev–Trinajstić information content (AvgIpc) is 3.52. The number of amides is 1. The van der Waals surface area contributed by atoms with Crippen molar-refractivity contribution in [3.8, 4) is 0 Å². The molecule has 0 aliphatic carbocycles. The van der Waals surface area contributed by atoms with Crippen LogP contribution in [0, 0.1) is 0 Å². The summed E-state index contributed by atoms with van der Waals surface area (Å²) in [5.41, 5.74) is 0. The molecule has 4 rings (SSSR count). The minimum atomic E-state index is -0.228.